The van der Waals surface area contributed by atoms with Crippen LogP contribution in [0.1, 0.15) is 22.2 Å². The van der Waals surface area contributed by atoms with Crippen molar-refractivity contribution in [3.05, 3.63) is 52.2 Å². The van der Waals surface area contributed by atoms with Crippen LogP contribution in [0.15, 0.2) is 41.8 Å². The van der Waals surface area contributed by atoms with E-state index in [2.05, 4.69) is 5.32 Å². The predicted octanol–water partition coefficient (Wildman–Crippen LogP) is 2.65. The maximum Gasteiger partial charge on any atom is 0.338 e. The zero-order chi connectivity index (χ0) is 17.4. The molecule has 0 saturated heterocycles. The van der Waals surface area contributed by atoms with E-state index in [0.29, 0.717) is 17.9 Å². The van der Waals surface area contributed by atoms with E-state index >= 15 is 0 Å². The standard InChI is InChI=1S/C17H17NO5S/c1-2-22-17(21)12-5-7-13(8-6-12)18-15(19)11-23-16(20)10-14-4-3-9-24-14/h3-9H,2,10-11H2,1H3,(H,18,19). The first-order valence-corrected chi connectivity index (χ1v) is 8.21. The molecule has 0 bridgehead atoms. The second-order valence-electron chi connectivity index (χ2n) is 4.76. The first kappa shape index (κ1) is 17.7. The highest BCUT2D eigenvalue weighted by Gasteiger charge is 2.10. The summed E-state index contributed by atoms with van der Waals surface area (Å²) in [6.07, 6.45) is 0.152. The number of carbonyl (C=O) groups is 3. The van der Waals surface area contributed by atoms with E-state index in [4.69, 9.17) is 9.47 Å². The van der Waals surface area contributed by atoms with E-state index in [-0.39, 0.29) is 13.0 Å². The topological polar surface area (TPSA) is 81.7 Å². The molecule has 0 aliphatic carbocycles. The highest BCUT2D eigenvalue weighted by molar-refractivity contribution is 7.10. The molecule has 0 aliphatic rings. The summed E-state index contributed by atoms with van der Waals surface area (Å²) in [4.78, 5) is 35.8. The van der Waals surface area contributed by atoms with Crippen LogP contribution in [0.25, 0.3) is 0 Å². The van der Waals surface area contributed by atoms with Gasteiger partial charge < -0.3 is 14.8 Å². The molecule has 0 unspecified atom stereocenters. The second-order valence-corrected chi connectivity index (χ2v) is 5.80. The van der Waals surface area contributed by atoms with Crippen molar-refractivity contribution in [3.63, 3.8) is 0 Å². The Morgan fingerprint density at radius 1 is 1.08 bits per heavy atom. The molecule has 0 saturated carbocycles. The Hall–Kier alpha value is -2.67. The van der Waals surface area contributed by atoms with Gasteiger partial charge in [-0.25, -0.2) is 4.79 Å². The first-order chi connectivity index (χ1) is 11.6. The summed E-state index contributed by atoms with van der Waals surface area (Å²) >= 11 is 1.46. The van der Waals surface area contributed by atoms with Gasteiger partial charge in [0, 0.05) is 10.6 Å². The molecule has 2 aromatic rings. The van der Waals surface area contributed by atoms with Gasteiger partial charge in [-0.3, -0.25) is 9.59 Å². The molecule has 0 atom stereocenters. The van der Waals surface area contributed by atoms with Crippen molar-refractivity contribution in [2.75, 3.05) is 18.5 Å². The number of hydrogen-bond acceptors (Lipinski definition) is 6. The zero-order valence-electron chi connectivity index (χ0n) is 13.1. The van der Waals surface area contributed by atoms with Crippen LogP contribution in [0.4, 0.5) is 5.69 Å². The van der Waals surface area contributed by atoms with Crippen molar-refractivity contribution in [1.82, 2.24) is 0 Å². The van der Waals surface area contributed by atoms with Gasteiger partial charge in [0.1, 0.15) is 0 Å². The van der Waals surface area contributed by atoms with E-state index < -0.39 is 17.8 Å². The lowest BCUT2D eigenvalue weighted by atomic mass is 10.2. The Morgan fingerprint density at radius 3 is 2.46 bits per heavy atom. The molecular formula is C17H17NO5S. The van der Waals surface area contributed by atoms with Crippen molar-refractivity contribution < 1.29 is 23.9 Å². The van der Waals surface area contributed by atoms with E-state index in [1.54, 1.807) is 31.2 Å². The molecule has 0 aliphatic heterocycles. The minimum Gasteiger partial charge on any atom is -0.462 e. The van der Waals surface area contributed by atoms with Crippen molar-refractivity contribution in [2.45, 2.75) is 13.3 Å². The van der Waals surface area contributed by atoms with Gasteiger partial charge >= 0.3 is 11.9 Å². The van der Waals surface area contributed by atoms with E-state index in [1.807, 2.05) is 17.5 Å². The number of amides is 1. The molecule has 1 aromatic carbocycles. The fourth-order valence-electron chi connectivity index (χ4n) is 1.85. The van der Waals surface area contributed by atoms with Gasteiger partial charge in [-0.2, -0.15) is 0 Å². The SMILES string of the molecule is CCOC(=O)c1ccc(NC(=O)COC(=O)Cc2cccs2)cc1. The maximum atomic E-state index is 11.8. The number of thiophene rings is 1. The Balaban J connectivity index is 1.77. The fourth-order valence-corrected chi connectivity index (χ4v) is 2.54. The number of hydrogen-bond donors (Lipinski definition) is 1. The number of anilines is 1. The molecule has 1 aromatic heterocycles. The van der Waals surface area contributed by atoms with Crippen LogP contribution in [0.3, 0.4) is 0 Å². The molecular weight excluding hydrogens is 330 g/mol. The lowest BCUT2D eigenvalue weighted by Crippen LogP contribution is -2.21. The van der Waals surface area contributed by atoms with Crippen molar-refractivity contribution in [2.24, 2.45) is 0 Å². The highest BCUT2D eigenvalue weighted by Crippen LogP contribution is 2.11. The summed E-state index contributed by atoms with van der Waals surface area (Å²) in [5, 5.41) is 4.46. The Kier molecular flexibility index (Phi) is 6.51. The summed E-state index contributed by atoms with van der Waals surface area (Å²) in [6, 6.07) is 9.94. The monoisotopic (exact) mass is 347 g/mol. The molecule has 0 radical (unpaired) electrons. The minimum absolute atomic E-state index is 0.152. The summed E-state index contributed by atoms with van der Waals surface area (Å²) in [5.41, 5.74) is 0.902. The third kappa shape index (κ3) is 5.51. The van der Waals surface area contributed by atoms with Crippen LogP contribution in [0.2, 0.25) is 0 Å². The van der Waals surface area contributed by atoms with E-state index in [9.17, 15) is 14.4 Å². The van der Waals surface area contributed by atoms with Gasteiger partial charge in [0.05, 0.1) is 18.6 Å². The molecule has 7 heteroatoms. The average molecular weight is 347 g/mol. The quantitative estimate of drug-likeness (QED) is 0.779. The van der Waals surface area contributed by atoms with Gasteiger partial charge in [0.2, 0.25) is 0 Å². The van der Waals surface area contributed by atoms with Gasteiger partial charge in [-0.1, -0.05) is 6.07 Å². The summed E-state index contributed by atoms with van der Waals surface area (Å²) in [5.74, 6) is -1.32. The van der Waals surface area contributed by atoms with Gasteiger partial charge in [-0.05, 0) is 42.6 Å². The second kappa shape index (κ2) is 8.83. The number of nitrogens with one attached hydrogen (secondary N) is 1. The van der Waals surface area contributed by atoms with Crippen molar-refractivity contribution in [3.8, 4) is 0 Å². The normalized spacial score (nSPS) is 10.0. The summed E-state index contributed by atoms with van der Waals surface area (Å²) in [7, 11) is 0. The lowest BCUT2D eigenvalue weighted by molar-refractivity contribution is -0.146. The highest BCUT2D eigenvalue weighted by atomic mass is 32.1. The lowest BCUT2D eigenvalue weighted by Gasteiger charge is -2.07. The molecule has 0 fully saturated rings. The van der Waals surface area contributed by atoms with Gasteiger partial charge in [-0.15, -0.1) is 11.3 Å². The average Bonchev–Trinajstić information content (AvgIpc) is 3.07. The number of esters is 2. The minimum atomic E-state index is -0.453. The van der Waals surface area contributed by atoms with Gasteiger partial charge in [0.15, 0.2) is 6.61 Å². The Morgan fingerprint density at radius 2 is 1.83 bits per heavy atom. The van der Waals surface area contributed by atoms with Crippen LogP contribution in [-0.4, -0.2) is 31.1 Å². The molecule has 1 N–H and O–H groups in total. The third-order valence-electron chi connectivity index (χ3n) is 2.94. The summed E-state index contributed by atoms with van der Waals surface area (Å²) in [6.45, 7) is 1.67. The molecule has 2 rings (SSSR count). The zero-order valence-corrected chi connectivity index (χ0v) is 13.9. The number of ether oxygens (including phenoxy) is 2. The molecule has 0 spiro atoms. The largest absolute Gasteiger partial charge is 0.462 e. The number of rotatable bonds is 7. The summed E-state index contributed by atoms with van der Waals surface area (Å²) < 4.78 is 9.80. The van der Waals surface area contributed by atoms with Crippen LogP contribution >= 0.6 is 11.3 Å². The van der Waals surface area contributed by atoms with E-state index in [1.165, 1.54) is 11.3 Å². The van der Waals surface area contributed by atoms with Crippen LogP contribution in [-0.2, 0) is 25.5 Å². The number of benzene rings is 1. The fraction of sp³-hybridized carbons (Fsp3) is 0.235. The molecule has 24 heavy (non-hydrogen) atoms. The van der Waals surface area contributed by atoms with Crippen LogP contribution in [0.5, 0.6) is 0 Å². The molecule has 126 valence electrons. The Bertz CT molecular complexity index is 694. The first-order valence-electron chi connectivity index (χ1n) is 7.33. The number of carbonyl (C=O) groups excluding carboxylic acids is 3. The third-order valence-corrected chi connectivity index (χ3v) is 3.82. The molecule has 1 heterocycles. The van der Waals surface area contributed by atoms with Crippen LogP contribution < -0.4 is 5.32 Å². The maximum absolute atomic E-state index is 11.8. The molecule has 6 nitrogen and oxygen atoms in total. The smallest absolute Gasteiger partial charge is 0.338 e. The predicted molar refractivity (Wildman–Crippen MR) is 90.0 cm³/mol. The van der Waals surface area contributed by atoms with Crippen LogP contribution in [0, 0.1) is 0 Å². The van der Waals surface area contributed by atoms with Crippen molar-refractivity contribution >= 4 is 34.9 Å². The van der Waals surface area contributed by atoms with Gasteiger partial charge in [0.25, 0.3) is 5.91 Å². The van der Waals surface area contributed by atoms with E-state index in [0.717, 1.165) is 4.88 Å². The Labute approximate surface area is 143 Å². The van der Waals surface area contributed by atoms with Crippen molar-refractivity contribution in [1.29, 1.82) is 0 Å². The molecule has 1 amide bonds.